The van der Waals surface area contributed by atoms with Gasteiger partial charge in [0.05, 0.1) is 11.2 Å². The molecule has 0 unspecified atom stereocenters. The number of fused-ring (bicyclic) bond motifs is 1. The Bertz CT molecular complexity index is 904. The third-order valence-electron chi connectivity index (χ3n) is 4.47. The maximum atomic E-state index is 12.6. The summed E-state index contributed by atoms with van der Waals surface area (Å²) < 4.78 is 5.18. The van der Waals surface area contributed by atoms with Gasteiger partial charge in [0.2, 0.25) is 5.91 Å². The summed E-state index contributed by atoms with van der Waals surface area (Å²) in [6, 6.07) is 11.4. The zero-order valence-corrected chi connectivity index (χ0v) is 14.7. The van der Waals surface area contributed by atoms with Crippen molar-refractivity contribution in [1.82, 2.24) is 9.80 Å². The van der Waals surface area contributed by atoms with E-state index in [2.05, 4.69) is 6.07 Å². The van der Waals surface area contributed by atoms with Crippen LogP contribution in [0.25, 0.3) is 6.08 Å². The standard InChI is InChI=1S/C19H16N2O4S/c22-17(20-8-7-13-4-1-2-5-14(13)11-20)12-21-18(23)16(26-19(21)24)10-15-6-3-9-25-15/h1-6,9-10H,7-8,11-12H2/b16-10-. The molecule has 0 aliphatic carbocycles. The highest BCUT2D eigenvalue weighted by molar-refractivity contribution is 8.18. The number of thioether (sulfide) groups is 1. The second-order valence-electron chi connectivity index (χ2n) is 6.12. The molecule has 1 saturated heterocycles. The molecule has 4 rings (SSSR count). The zero-order valence-electron chi connectivity index (χ0n) is 13.9. The van der Waals surface area contributed by atoms with Crippen LogP contribution in [-0.4, -0.2) is 39.9 Å². The van der Waals surface area contributed by atoms with Crippen LogP contribution in [0.5, 0.6) is 0 Å². The molecular weight excluding hydrogens is 352 g/mol. The maximum absolute atomic E-state index is 12.6. The Morgan fingerprint density at radius 3 is 2.73 bits per heavy atom. The minimum atomic E-state index is -0.456. The average Bonchev–Trinajstić information content (AvgIpc) is 3.25. The monoisotopic (exact) mass is 368 g/mol. The van der Waals surface area contributed by atoms with Crippen LogP contribution in [0.2, 0.25) is 0 Å². The summed E-state index contributed by atoms with van der Waals surface area (Å²) in [5.74, 6) is -0.183. The third-order valence-corrected chi connectivity index (χ3v) is 5.37. The minimum Gasteiger partial charge on any atom is -0.465 e. The SMILES string of the molecule is O=C(CN1C(=O)S/C(=C\c2ccco2)C1=O)N1CCc2ccccc2C1. The molecule has 0 radical (unpaired) electrons. The summed E-state index contributed by atoms with van der Waals surface area (Å²) in [5, 5.41) is -0.432. The van der Waals surface area contributed by atoms with Gasteiger partial charge < -0.3 is 9.32 Å². The zero-order chi connectivity index (χ0) is 18.1. The summed E-state index contributed by atoms with van der Waals surface area (Å²) in [5.41, 5.74) is 2.35. The Hall–Kier alpha value is -2.80. The lowest BCUT2D eigenvalue weighted by Crippen LogP contribution is -2.44. The number of amides is 3. The Morgan fingerprint density at radius 2 is 1.96 bits per heavy atom. The van der Waals surface area contributed by atoms with Gasteiger partial charge in [-0.2, -0.15) is 0 Å². The molecule has 1 aromatic heterocycles. The van der Waals surface area contributed by atoms with E-state index in [1.54, 1.807) is 17.0 Å². The van der Waals surface area contributed by atoms with E-state index >= 15 is 0 Å². The van der Waals surface area contributed by atoms with Crippen LogP contribution in [0.4, 0.5) is 4.79 Å². The van der Waals surface area contributed by atoms with Gasteiger partial charge in [-0.25, -0.2) is 0 Å². The van der Waals surface area contributed by atoms with Crippen molar-refractivity contribution in [2.24, 2.45) is 0 Å². The maximum Gasteiger partial charge on any atom is 0.294 e. The summed E-state index contributed by atoms with van der Waals surface area (Å²) in [7, 11) is 0. The number of imide groups is 1. The second kappa shape index (κ2) is 6.84. The van der Waals surface area contributed by atoms with Gasteiger partial charge in [-0.3, -0.25) is 19.3 Å². The molecule has 3 amide bonds. The number of furan rings is 1. The molecule has 0 N–H and O–H groups in total. The lowest BCUT2D eigenvalue weighted by molar-refractivity contribution is -0.136. The first-order valence-electron chi connectivity index (χ1n) is 8.25. The van der Waals surface area contributed by atoms with Gasteiger partial charge in [0, 0.05) is 19.2 Å². The van der Waals surface area contributed by atoms with Gasteiger partial charge in [-0.15, -0.1) is 0 Å². The van der Waals surface area contributed by atoms with Crippen LogP contribution < -0.4 is 0 Å². The molecule has 7 heteroatoms. The number of benzene rings is 1. The van der Waals surface area contributed by atoms with Crippen LogP contribution in [0.1, 0.15) is 16.9 Å². The summed E-state index contributed by atoms with van der Waals surface area (Å²) in [6.07, 6.45) is 3.79. The Kier molecular flexibility index (Phi) is 4.38. The van der Waals surface area contributed by atoms with Crippen molar-refractivity contribution in [3.05, 3.63) is 64.5 Å². The lowest BCUT2D eigenvalue weighted by Gasteiger charge is -2.29. The number of carbonyl (C=O) groups excluding carboxylic acids is 3. The Balaban J connectivity index is 1.45. The van der Waals surface area contributed by atoms with Gasteiger partial charge in [0.1, 0.15) is 12.3 Å². The number of nitrogens with zero attached hydrogens (tertiary/aromatic N) is 2. The van der Waals surface area contributed by atoms with Crippen molar-refractivity contribution in [3.8, 4) is 0 Å². The predicted octanol–water partition coefficient (Wildman–Crippen LogP) is 2.90. The van der Waals surface area contributed by atoms with Crippen molar-refractivity contribution in [1.29, 1.82) is 0 Å². The van der Waals surface area contributed by atoms with Gasteiger partial charge in [-0.1, -0.05) is 24.3 Å². The fraction of sp³-hybridized carbons (Fsp3) is 0.211. The molecule has 0 saturated carbocycles. The first-order chi connectivity index (χ1) is 12.6. The molecule has 0 spiro atoms. The molecule has 26 heavy (non-hydrogen) atoms. The second-order valence-corrected chi connectivity index (χ2v) is 7.11. The van der Waals surface area contributed by atoms with Crippen LogP contribution >= 0.6 is 11.8 Å². The van der Waals surface area contributed by atoms with Gasteiger partial charge in [-0.05, 0) is 41.4 Å². The van der Waals surface area contributed by atoms with E-state index in [0.29, 0.717) is 18.8 Å². The number of hydrogen-bond donors (Lipinski definition) is 0. The largest absolute Gasteiger partial charge is 0.465 e. The van der Waals surface area contributed by atoms with E-state index in [1.165, 1.54) is 17.9 Å². The van der Waals surface area contributed by atoms with Gasteiger partial charge in [0.15, 0.2) is 0 Å². The van der Waals surface area contributed by atoms with Crippen LogP contribution in [0.15, 0.2) is 52.0 Å². The topological polar surface area (TPSA) is 70.8 Å². The van der Waals surface area contributed by atoms with Crippen molar-refractivity contribution >= 4 is 34.9 Å². The van der Waals surface area contributed by atoms with Crippen LogP contribution in [0.3, 0.4) is 0 Å². The van der Waals surface area contributed by atoms with E-state index in [0.717, 1.165) is 28.6 Å². The Labute approximate surface area is 154 Å². The van der Waals surface area contributed by atoms with E-state index in [9.17, 15) is 14.4 Å². The molecule has 2 aromatic rings. The molecular formula is C19H16N2O4S. The predicted molar refractivity (Wildman–Crippen MR) is 96.9 cm³/mol. The highest BCUT2D eigenvalue weighted by Gasteiger charge is 2.37. The normalized spacial score (nSPS) is 18.5. The third kappa shape index (κ3) is 3.17. The molecule has 132 valence electrons. The number of rotatable bonds is 3. The fourth-order valence-electron chi connectivity index (χ4n) is 3.08. The van der Waals surface area contributed by atoms with Crippen molar-refractivity contribution in [2.75, 3.05) is 13.1 Å². The van der Waals surface area contributed by atoms with Crippen molar-refractivity contribution in [3.63, 3.8) is 0 Å². The highest BCUT2D eigenvalue weighted by Crippen LogP contribution is 2.32. The van der Waals surface area contributed by atoms with E-state index < -0.39 is 11.1 Å². The average molecular weight is 368 g/mol. The summed E-state index contributed by atoms with van der Waals surface area (Å²) in [4.78, 5) is 40.2. The van der Waals surface area contributed by atoms with Crippen LogP contribution in [-0.2, 0) is 22.6 Å². The molecule has 1 aromatic carbocycles. The molecule has 2 aliphatic heterocycles. The summed E-state index contributed by atoms with van der Waals surface area (Å²) >= 11 is 0.825. The van der Waals surface area contributed by atoms with E-state index in [-0.39, 0.29) is 17.4 Å². The fourth-order valence-corrected chi connectivity index (χ4v) is 3.90. The Morgan fingerprint density at radius 1 is 1.15 bits per heavy atom. The lowest BCUT2D eigenvalue weighted by atomic mass is 10.00. The molecule has 2 aliphatic rings. The number of carbonyl (C=O) groups is 3. The van der Waals surface area contributed by atoms with E-state index in [1.807, 2.05) is 18.2 Å². The number of hydrogen-bond acceptors (Lipinski definition) is 5. The smallest absolute Gasteiger partial charge is 0.294 e. The first-order valence-corrected chi connectivity index (χ1v) is 9.07. The van der Waals surface area contributed by atoms with Crippen LogP contribution in [0, 0.1) is 0 Å². The molecule has 6 nitrogen and oxygen atoms in total. The van der Waals surface area contributed by atoms with Crippen molar-refractivity contribution < 1.29 is 18.8 Å². The molecule has 3 heterocycles. The van der Waals surface area contributed by atoms with E-state index in [4.69, 9.17) is 4.42 Å². The summed E-state index contributed by atoms with van der Waals surface area (Å²) in [6.45, 7) is 0.865. The molecule has 0 atom stereocenters. The van der Waals surface area contributed by atoms with Gasteiger partial charge >= 0.3 is 0 Å². The molecule has 1 fully saturated rings. The molecule has 0 bridgehead atoms. The first kappa shape index (κ1) is 16.7. The quantitative estimate of drug-likeness (QED) is 0.779. The van der Waals surface area contributed by atoms with Gasteiger partial charge in [0.25, 0.3) is 11.1 Å². The minimum absolute atomic E-state index is 0.221. The van der Waals surface area contributed by atoms with Crippen molar-refractivity contribution in [2.45, 2.75) is 13.0 Å². The highest BCUT2D eigenvalue weighted by atomic mass is 32.2.